The van der Waals surface area contributed by atoms with Crippen molar-refractivity contribution in [2.45, 2.75) is 20.1 Å². The van der Waals surface area contributed by atoms with Crippen LogP contribution in [0.15, 0.2) is 85.2 Å². The van der Waals surface area contributed by atoms with E-state index in [0.29, 0.717) is 32.6 Å². The van der Waals surface area contributed by atoms with Gasteiger partial charge in [-0.3, -0.25) is 4.79 Å². The van der Waals surface area contributed by atoms with Crippen LogP contribution >= 0.6 is 23.2 Å². The first-order valence-corrected chi connectivity index (χ1v) is 13.3. The lowest BCUT2D eigenvalue weighted by atomic mass is 10.1. The van der Waals surface area contributed by atoms with Crippen molar-refractivity contribution in [2.24, 2.45) is 0 Å². The molecule has 0 saturated heterocycles. The van der Waals surface area contributed by atoms with Gasteiger partial charge < -0.3 is 19.7 Å². The molecule has 5 rings (SSSR count). The van der Waals surface area contributed by atoms with E-state index in [9.17, 15) is 9.59 Å². The lowest BCUT2D eigenvalue weighted by Gasteiger charge is -2.16. The predicted molar refractivity (Wildman–Crippen MR) is 159 cm³/mol. The fourth-order valence-corrected chi connectivity index (χ4v) is 4.79. The third kappa shape index (κ3) is 6.40. The second-order valence-corrected chi connectivity index (χ2v) is 9.92. The van der Waals surface area contributed by atoms with Crippen molar-refractivity contribution in [2.75, 3.05) is 0 Å². The van der Waals surface area contributed by atoms with E-state index < -0.39 is 5.97 Å². The fourth-order valence-electron chi connectivity index (χ4n) is 4.22. The number of rotatable bonds is 9. The molecular weight excluding hydrogens is 563 g/mol. The summed E-state index contributed by atoms with van der Waals surface area (Å²) in [5.41, 5.74) is 4.31. The molecule has 3 heterocycles. The van der Waals surface area contributed by atoms with Crippen LogP contribution in [0.1, 0.15) is 33.0 Å². The van der Waals surface area contributed by atoms with Crippen LogP contribution in [-0.4, -0.2) is 31.5 Å². The topological polar surface area (TPSA) is 106 Å². The number of aryl methyl sites for hydroxylation is 1. The number of benzene rings is 2. The van der Waals surface area contributed by atoms with Gasteiger partial charge in [0.05, 0.1) is 17.3 Å². The zero-order chi connectivity index (χ0) is 28.9. The number of carboxylic acids is 1. The van der Waals surface area contributed by atoms with Gasteiger partial charge in [-0.05, 0) is 61.0 Å². The van der Waals surface area contributed by atoms with Gasteiger partial charge in [-0.25, -0.2) is 14.8 Å². The summed E-state index contributed by atoms with van der Waals surface area (Å²) in [6.07, 6.45) is 6.16. The monoisotopic (exact) mass is 586 g/mol. The number of aromatic carboxylic acids is 1. The van der Waals surface area contributed by atoms with Crippen LogP contribution in [0.5, 0.6) is 5.75 Å². The van der Waals surface area contributed by atoms with E-state index in [2.05, 4.69) is 15.3 Å². The highest BCUT2D eigenvalue weighted by Gasteiger charge is 2.16. The van der Waals surface area contributed by atoms with Crippen LogP contribution in [0.25, 0.3) is 22.7 Å². The first kappa shape index (κ1) is 27.9. The molecule has 0 unspecified atom stereocenters. The van der Waals surface area contributed by atoms with Gasteiger partial charge in [-0.1, -0.05) is 47.5 Å². The smallest absolute Gasteiger partial charge is 0.354 e. The number of pyridine rings is 2. The third-order valence-electron chi connectivity index (χ3n) is 6.33. The van der Waals surface area contributed by atoms with E-state index in [1.165, 1.54) is 18.3 Å². The first-order valence-electron chi connectivity index (χ1n) is 12.6. The van der Waals surface area contributed by atoms with Crippen LogP contribution in [0.2, 0.25) is 10.0 Å². The summed E-state index contributed by atoms with van der Waals surface area (Å²) in [6, 6.07) is 20.0. The van der Waals surface area contributed by atoms with Gasteiger partial charge in [0.15, 0.2) is 0 Å². The van der Waals surface area contributed by atoms with Crippen LogP contribution in [0.3, 0.4) is 0 Å². The zero-order valence-electron chi connectivity index (χ0n) is 21.8. The maximum atomic E-state index is 12.4. The maximum Gasteiger partial charge on any atom is 0.354 e. The van der Waals surface area contributed by atoms with Gasteiger partial charge >= 0.3 is 5.97 Å². The molecule has 0 bridgehead atoms. The van der Waals surface area contributed by atoms with Gasteiger partial charge in [0.25, 0.3) is 0 Å². The molecule has 10 heteroatoms. The minimum Gasteiger partial charge on any atom is -0.487 e. The largest absolute Gasteiger partial charge is 0.487 e. The molecule has 0 spiro atoms. The molecule has 2 N–H and O–H groups in total. The SMILES string of the molecule is Cc1ccc2cccc(OCc3c(Cl)ccc(-n4cccc4CNC(=O)C=Cc4ccc(C(=O)O)nc4)c3Cl)c2n1. The number of para-hydroxylation sites is 1. The van der Waals surface area contributed by atoms with Gasteiger partial charge in [-0.15, -0.1) is 0 Å². The first-order chi connectivity index (χ1) is 19.8. The summed E-state index contributed by atoms with van der Waals surface area (Å²) in [5, 5.41) is 13.7. The standard InChI is InChI=1S/C31H24Cl2N4O4/c1-19-7-10-21-4-2-6-27(30(21)36-19)41-18-23-24(32)11-13-26(29(23)33)37-15-3-5-22(37)17-35-28(38)14-9-20-8-12-25(31(39)40)34-16-20/h2-16H,17-18H2,1H3,(H,35,38)(H,39,40). The fraction of sp³-hybridized carbons (Fsp3) is 0.0968. The number of amides is 1. The number of carbonyl (C=O) groups excluding carboxylic acids is 1. The number of hydrogen-bond donors (Lipinski definition) is 2. The second kappa shape index (κ2) is 12.2. The second-order valence-electron chi connectivity index (χ2n) is 9.13. The number of carboxylic acid groups (broad SMARTS) is 1. The summed E-state index contributed by atoms with van der Waals surface area (Å²) < 4.78 is 8.02. The summed E-state index contributed by atoms with van der Waals surface area (Å²) in [6.45, 7) is 2.30. The van der Waals surface area contributed by atoms with E-state index in [1.54, 1.807) is 18.2 Å². The molecule has 8 nitrogen and oxygen atoms in total. The van der Waals surface area contributed by atoms with Gasteiger partial charge in [0, 0.05) is 45.8 Å². The molecule has 0 atom stereocenters. The van der Waals surface area contributed by atoms with Crippen LogP contribution in [0, 0.1) is 6.92 Å². The molecule has 0 aliphatic rings. The van der Waals surface area contributed by atoms with E-state index in [4.69, 9.17) is 33.0 Å². The molecule has 0 fully saturated rings. The van der Waals surface area contributed by atoms with Crippen molar-refractivity contribution in [1.29, 1.82) is 0 Å². The quantitative estimate of drug-likeness (QED) is 0.187. The van der Waals surface area contributed by atoms with Crippen molar-refractivity contribution < 1.29 is 19.4 Å². The number of nitrogens with one attached hydrogen (secondary N) is 1. The number of hydrogen-bond acceptors (Lipinski definition) is 5. The Bertz CT molecular complexity index is 1780. The number of nitrogens with zero attached hydrogens (tertiary/aromatic N) is 3. The average Bonchev–Trinajstić information content (AvgIpc) is 3.43. The van der Waals surface area contributed by atoms with E-state index >= 15 is 0 Å². The Morgan fingerprint density at radius 3 is 2.68 bits per heavy atom. The molecule has 0 saturated carbocycles. The van der Waals surface area contributed by atoms with Crippen molar-refractivity contribution in [3.63, 3.8) is 0 Å². The van der Waals surface area contributed by atoms with E-state index in [1.807, 2.05) is 66.2 Å². The Labute approximate surface area is 245 Å². The minimum atomic E-state index is -1.11. The number of ether oxygens (including phenoxy) is 1. The van der Waals surface area contributed by atoms with Gasteiger partial charge in [0.2, 0.25) is 5.91 Å². The van der Waals surface area contributed by atoms with Crippen LogP contribution in [-0.2, 0) is 17.9 Å². The Kier molecular flexibility index (Phi) is 8.33. The molecule has 206 valence electrons. The van der Waals surface area contributed by atoms with Crippen molar-refractivity contribution in [3.05, 3.63) is 123 Å². The van der Waals surface area contributed by atoms with Crippen molar-refractivity contribution in [3.8, 4) is 11.4 Å². The summed E-state index contributed by atoms with van der Waals surface area (Å²) in [7, 11) is 0. The Morgan fingerprint density at radius 1 is 1.05 bits per heavy atom. The molecule has 0 aliphatic carbocycles. The number of halogens is 2. The predicted octanol–water partition coefficient (Wildman–Crippen LogP) is 6.64. The van der Waals surface area contributed by atoms with E-state index in [0.717, 1.165) is 22.3 Å². The Hall–Kier alpha value is -4.66. The minimum absolute atomic E-state index is 0.0661. The molecule has 0 aliphatic heterocycles. The highest BCUT2D eigenvalue weighted by molar-refractivity contribution is 6.37. The molecule has 0 radical (unpaired) electrons. The molecule has 3 aromatic heterocycles. The lowest BCUT2D eigenvalue weighted by Crippen LogP contribution is -2.21. The molecule has 2 aromatic carbocycles. The molecule has 5 aromatic rings. The summed E-state index contributed by atoms with van der Waals surface area (Å²) in [4.78, 5) is 31.8. The summed E-state index contributed by atoms with van der Waals surface area (Å²) in [5.74, 6) is -0.802. The molecular formula is C31H24Cl2N4O4. The molecule has 41 heavy (non-hydrogen) atoms. The van der Waals surface area contributed by atoms with Crippen molar-refractivity contribution in [1.82, 2.24) is 19.9 Å². The Balaban J connectivity index is 1.29. The lowest BCUT2D eigenvalue weighted by molar-refractivity contribution is -0.116. The normalized spacial score (nSPS) is 11.2. The van der Waals surface area contributed by atoms with E-state index in [-0.39, 0.29) is 24.8 Å². The average molecular weight is 587 g/mol. The number of aromatic nitrogens is 3. The maximum absolute atomic E-state index is 12.4. The highest BCUT2D eigenvalue weighted by atomic mass is 35.5. The zero-order valence-corrected chi connectivity index (χ0v) is 23.4. The highest BCUT2D eigenvalue weighted by Crippen LogP contribution is 2.33. The Morgan fingerprint density at radius 2 is 1.90 bits per heavy atom. The van der Waals surface area contributed by atoms with Crippen LogP contribution < -0.4 is 10.1 Å². The van der Waals surface area contributed by atoms with Crippen LogP contribution in [0.4, 0.5) is 0 Å². The summed E-state index contributed by atoms with van der Waals surface area (Å²) >= 11 is 13.4. The van der Waals surface area contributed by atoms with Gasteiger partial charge in [-0.2, -0.15) is 0 Å². The number of carbonyl (C=O) groups is 2. The third-order valence-corrected chi connectivity index (χ3v) is 7.11. The molecule has 1 amide bonds. The van der Waals surface area contributed by atoms with Gasteiger partial charge in [0.1, 0.15) is 23.6 Å². The van der Waals surface area contributed by atoms with Crippen molar-refractivity contribution >= 4 is 52.1 Å². The number of fused-ring (bicyclic) bond motifs is 1.